The van der Waals surface area contributed by atoms with E-state index in [1.807, 2.05) is 24.3 Å². The van der Waals surface area contributed by atoms with Gasteiger partial charge in [0.05, 0.1) is 20.1 Å². The fourth-order valence-corrected chi connectivity index (χ4v) is 2.67. The van der Waals surface area contributed by atoms with Gasteiger partial charge < -0.3 is 20.1 Å². The summed E-state index contributed by atoms with van der Waals surface area (Å²) in [6, 6.07) is 7.45. The number of hydrogen-bond donors (Lipinski definition) is 2. The minimum absolute atomic E-state index is 0. The van der Waals surface area contributed by atoms with Crippen LogP contribution in [-0.4, -0.2) is 39.3 Å². The predicted molar refractivity (Wildman–Crippen MR) is 93.6 cm³/mol. The second-order valence-corrected chi connectivity index (χ2v) is 5.60. The summed E-state index contributed by atoms with van der Waals surface area (Å²) in [5.74, 6) is 2.09. The molecule has 0 bridgehead atoms. The monoisotopic (exact) mass is 342 g/mol. The zero-order chi connectivity index (χ0) is 15.6. The first-order valence-corrected chi connectivity index (χ1v) is 8.03. The number of hydrogen-bond acceptors (Lipinski definition) is 4. The lowest BCUT2D eigenvalue weighted by Gasteiger charge is -2.22. The highest BCUT2D eigenvalue weighted by Gasteiger charge is 2.12. The molecule has 0 aromatic heterocycles. The third-order valence-electron chi connectivity index (χ3n) is 3.93. The summed E-state index contributed by atoms with van der Waals surface area (Å²) < 4.78 is 10.8. The van der Waals surface area contributed by atoms with E-state index in [2.05, 4.69) is 10.6 Å². The molecule has 5 nitrogen and oxygen atoms in total. The van der Waals surface area contributed by atoms with Crippen molar-refractivity contribution in [2.75, 3.05) is 33.4 Å². The number of nitrogens with one attached hydrogen (secondary N) is 2. The molecule has 0 saturated carbocycles. The SMILES string of the molecule is COc1ccccc1OCCC(=O)NCCC1CCCNC1.Cl. The quantitative estimate of drug-likeness (QED) is 0.761. The standard InChI is InChI=1S/C17H26N2O3.ClH/c1-21-15-6-2-3-7-16(15)22-12-9-17(20)19-11-8-14-5-4-10-18-13-14;/h2-3,6-7,14,18H,4-5,8-13H2,1H3,(H,19,20);1H. The number of halogens is 1. The van der Waals surface area contributed by atoms with Crippen LogP contribution in [0.25, 0.3) is 0 Å². The van der Waals surface area contributed by atoms with Crippen LogP contribution < -0.4 is 20.1 Å². The number of amides is 1. The highest BCUT2D eigenvalue weighted by molar-refractivity contribution is 5.85. The first kappa shape index (κ1) is 19.6. The largest absolute Gasteiger partial charge is 0.493 e. The van der Waals surface area contributed by atoms with E-state index in [1.54, 1.807) is 7.11 Å². The van der Waals surface area contributed by atoms with Crippen LogP contribution in [0.3, 0.4) is 0 Å². The Morgan fingerprint density at radius 1 is 1.35 bits per heavy atom. The Kier molecular flexibility index (Phi) is 9.48. The van der Waals surface area contributed by atoms with Crippen molar-refractivity contribution >= 4 is 18.3 Å². The molecule has 2 rings (SSSR count). The minimum Gasteiger partial charge on any atom is -0.493 e. The van der Waals surface area contributed by atoms with Crippen molar-refractivity contribution in [3.63, 3.8) is 0 Å². The van der Waals surface area contributed by atoms with Crippen LogP contribution in [0, 0.1) is 5.92 Å². The van der Waals surface area contributed by atoms with E-state index in [9.17, 15) is 4.79 Å². The van der Waals surface area contributed by atoms with Gasteiger partial charge in [0.25, 0.3) is 0 Å². The van der Waals surface area contributed by atoms with E-state index >= 15 is 0 Å². The Balaban J connectivity index is 0.00000264. The van der Waals surface area contributed by atoms with Gasteiger partial charge in [0.2, 0.25) is 5.91 Å². The molecule has 0 radical (unpaired) electrons. The summed E-state index contributed by atoms with van der Waals surface area (Å²) in [7, 11) is 1.61. The fourth-order valence-electron chi connectivity index (χ4n) is 2.67. The normalized spacial score (nSPS) is 17.0. The van der Waals surface area contributed by atoms with Crippen molar-refractivity contribution in [3.05, 3.63) is 24.3 Å². The average molecular weight is 343 g/mol. The molecular weight excluding hydrogens is 316 g/mol. The molecule has 1 heterocycles. The van der Waals surface area contributed by atoms with Gasteiger partial charge in [-0.3, -0.25) is 4.79 Å². The molecule has 2 N–H and O–H groups in total. The van der Waals surface area contributed by atoms with Crippen LogP contribution in [0.4, 0.5) is 0 Å². The highest BCUT2D eigenvalue weighted by Crippen LogP contribution is 2.25. The smallest absolute Gasteiger partial charge is 0.223 e. The van der Waals surface area contributed by atoms with E-state index in [0.717, 1.165) is 26.1 Å². The number of benzene rings is 1. The first-order chi connectivity index (χ1) is 10.8. The van der Waals surface area contributed by atoms with Gasteiger partial charge in [-0.1, -0.05) is 12.1 Å². The summed E-state index contributed by atoms with van der Waals surface area (Å²) in [4.78, 5) is 11.8. The topological polar surface area (TPSA) is 59.6 Å². The summed E-state index contributed by atoms with van der Waals surface area (Å²) in [5.41, 5.74) is 0. The molecule has 6 heteroatoms. The molecule has 23 heavy (non-hydrogen) atoms. The lowest BCUT2D eigenvalue weighted by molar-refractivity contribution is -0.121. The van der Waals surface area contributed by atoms with Gasteiger partial charge in [-0.05, 0) is 50.4 Å². The summed E-state index contributed by atoms with van der Waals surface area (Å²) in [6.45, 7) is 3.31. The Labute approximate surface area is 144 Å². The zero-order valence-corrected chi connectivity index (χ0v) is 14.5. The van der Waals surface area contributed by atoms with Gasteiger partial charge >= 0.3 is 0 Å². The molecule has 1 fully saturated rings. The van der Waals surface area contributed by atoms with Crippen LogP contribution in [0.5, 0.6) is 11.5 Å². The van der Waals surface area contributed by atoms with E-state index in [1.165, 1.54) is 12.8 Å². The second-order valence-electron chi connectivity index (χ2n) is 5.60. The van der Waals surface area contributed by atoms with Crippen molar-refractivity contribution in [1.29, 1.82) is 0 Å². The van der Waals surface area contributed by atoms with Crippen LogP contribution >= 0.6 is 12.4 Å². The Hall–Kier alpha value is -1.46. The lowest BCUT2D eigenvalue weighted by atomic mass is 9.96. The number of ether oxygens (including phenoxy) is 2. The maximum Gasteiger partial charge on any atom is 0.223 e. The minimum atomic E-state index is 0. The molecule has 1 aliphatic heterocycles. The van der Waals surface area contributed by atoms with E-state index in [-0.39, 0.29) is 18.3 Å². The molecule has 0 spiro atoms. The first-order valence-electron chi connectivity index (χ1n) is 8.03. The number of methoxy groups -OCH3 is 1. The van der Waals surface area contributed by atoms with Gasteiger partial charge in [0.1, 0.15) is 0 Å². The van der Waals surface area contributed by atoms with Crippen LogP contribution in [0.2, 0.25) is 0 Å². The average Bonchev–Trinajstić information content (AvgIpc) is 2.56. The van der Waals surface area contributed by atoms with E-state index < -0.39 is 0 Å². The number of carbonyl (C=O) groups is 1. The van der Waals surface area contributed by atoms with Gasteiger partial charge in [-0.25, -0.2) is 0 Å². The molecule has 1 atom stereocenters. The van der Waals surface area contributed by atoms with Crippen molar-refractivity contribution in [2.45, 2.75) is 25.7 Å². The summed E-state index contributed by atoms with van der Waals surface area (Å²) >= 11 is 0. The maximum absolute atomic E-state index is 11.8. The number of para-hydroxylation sites is 2. The molecular formula is C17H27ClN2O3. The third-order valence-corrected chi connectivity index (χ3v) is 3.93. The lowest BCUT2D eigenvalue weighted by Crippen LogP contribution is -2.33. The molecule has 1 saturated heterocycles. The van der Waals surface area contributed by atoms with E-state index in [0.29, 0.717) is 30.4 Å². The maximum atomic E-state index is 11.8. The third kappa shape index (κ3) is 7.10. The zero-order valence-electron chi connectivity index (χ0n) is 13.7. The summed E-state index contributed by atoms with van der Waals surface area (Å²) in [5, 5.41) is 6.36. The fraction of sp³-hybridized carbons (Fsp3) is 0.588. The van der Waals surface area contributed by atoms with Crippen LogP contribution in [0.1, 0.15) is 25.7 Å². The van der Waals surface area contributed by atoms with Crippen molar-refractivity contribution < 1.29 is 14.3 Å². The molecule has 130 valence electrons. The molecule has 1 amide bonds. The second kappa shape index (κ2) is 11.1. The van der Waals surface area contributed by atoms with Crippen molar-refractivity contribution in [2.24, 2.45) is 5.92 Å². The Morgan fingerprint density at radius 3 is 2.83 bits per heavy atom. The van der Waals surface area contributed by atoms with Gasteiger partial charge in [0.15, 0.2) is 11.5 Å². The van der Waals surface area contributed by atoms with Crippen LogP contribution in [0.15, 0.2) is 24.3 Å². The number of rotatable bonds is 8. The van der Waals surface area contributed by atoms with Crippen LogP contribution in [-0.2, 0) is 4.79 Å². The highest BCUT2D eigenvalue weighted by atomic mass is 35.5. The Morgan fingerprint density at radius 2 is 2.13 bits per heavy atom. The van der Waals surface area contributed by atoms with Gasteiger partial charge in [-0.2, -0.15) is 0 Å². The predicted octanol–water partition coefficient (Wildman–Crippen LogP) is 2.39. The Bertz CT molecular complexity index is 465. The number of carbonyl (C=O) groups excluding carboxylic acids is 1. The van der Waals surface area contributed by atoms with Gasteiger partial charge in [0, 0.05) is 6.54 Å². The number of piperidine rings is 1. The molecule has 1 aromatic carbocycles. The molecule has 0 aliphatic carbocycles. The molecule has 1 unspecified atom stereocenters. The van der Waals surface area contributed by atoms with E-state index in [4.69, 9.17) is 9.47 Å². The van der Waals surface area contributed by atoms with Gasteiger partial charge in [-0.15, -0.1) is 12.4 Å². The van der Waals surface area contributed by atoms with Crippen molar-refractivity contribution in [3.8, 4) is 11.5 Å². The summed E-state index contributed by atoms with van der Waals surface area (Å²) in [6.07, 6.45) is 3.91. The molecule has 1 aliphatic rings. The molecule has 1 aromatic rings. The van der Waals surface area contributed by atoms with Crippen molar-refractivity contribution in [1.82, 2.24) is 10.6 Å².